The Morgan fingerprint density at radius 2 is 2.29 bits per heavy atom. The van der Waals surface area contributed by atoms with Crippen molar-refractivity contribution in [1.29, 1.82) is 0 Å². The van der Waals surface area contributed by atoms with Crippen molar-refractivity contribution < 1.29 is 9.53 Å². The molecule has 1 fully saturated rings. The summed E-state index contributed by atoms with van der Waals surface area (Å²) < 4.78 is 5.25. The number of hydrogen-bond donors (Lipinski definition) is 3. The first-order chi connectivity index (χ1) is 11.7. The number of ether oxygens (including phenoxy) is 1. The van der Waals surface area contributed by atoms with E-state index in [0.29, 0.717) is 19.4 Å². The molecule has 1 aromatic carbocycles. The predicted molar refractivity (Wildman–Crippen MR) is 91.8 cm³/mol. The summed E-state index contributed by atoms with van der Waals surface area (Å²) in [5.41, 5.74) is 7.35. The summed E-state index contributed by atoms with van der Waals surface area (Å²) in [6.45, 7) is 2.49. The first-order valence-electron chi connectivity index (χ1n) is 7.87. The molecule has 24 heavy (non-hydrogen) atoms. The van der Waals surface area contributed by atoms with E-state index in [9.17, 15) is 4.79 Å². The third-order valence-corrected chi connectivity index (χ3v) is 4.82. The minimum atomic E-state index is -0.252. The van der Waals surface area contributed by atoms with Crippen LogP contribution in [0.3, 0.4) is 0 Å². The third-order valence-electron chi connectivity index (χ3n) is 3.92. The van der Waals surface area contributed by atoms with Gasteiger partial charge in [-0.1, -0.05) is 12.1 Å². The van der Waals surface area contributed by atoms with Gasteiger partial charge in [-0.15, -0.1) is 21.5 Å². The lowest BCUT2D eigenvalue weighted by Crippen LogP contribution is -2.43. The zero-order valence-corrected chi connectivity index (χ0v) is 14.5. The lowest BCUT2D eigenvalue weighted by Gasteiger charge is -2.11. The van der Waals surface area contributed by atoms with Crippen LogP contribution in [0, 0.1) is 6.92 Å². The highest BCUT2D eigenvalue weighted by Crippen LogP contribution is 2.25. The molecule has 0 spiro atoms. The maximum absolute atomic E-state index is 12.3. The van der Waals surface area contributed by atoms with E-state index in [1.807, 2.05) is 31.2 Å². The van der Waals surface area contributed by atoms with Gasteiger partial charge in [-0.3, -0.25) is 4.79 Å². The smallest absolute Gasteiger partial charge is 0.238 e. The predicted octanol–water partition coefficient (Wildman–Crippen LogP) is 1.12. The summed E-state index contributed by atoms with van der Waals surface area (Å²) in [5.74, 6) is 0.809. The second kappa shape index (κ2) is 7.69. The van der Waals surface area contributed by atoms with Crippen LogP contribution in [0.5, 0.6) is 5.75 Å². The third kappa shape index (κ3) is 4.08. The molecule has 3 N–H and O–H groups in total. The molecule has 1 aliphatic rings. The van der Waals surface area contributed by atoms with Gasteiger partial charge in [-0.2, -0.15) is 0 Å². The van der Waals surface area contributed by atoms with Crippen LogP contribution in [-0.4, -0.2) is 35.8 Å². The second-order valence-electron chi connectivity index (χ2n) is 5.66. The molecular weight excluding hydrogens is 326 g/mol. The van der Waals surface area contributed by atoms with Crippen LogP contribution in [0.1, 0.15) is 28.0 Å². The average molecular weight is 347 g/mol. The van der Waals surface area contributed by atoms with Gasteiger partial charge >= 0.3 is 0 Å². The fourth-order valence-electron chi connectivity index (χ4n) is 2.66. The van der Waals surface area contributed by atoms with Crippen LogP contribution in [0.4, 0.5) is 0 Å². The zero-order chi connectivity index (χ0) is 16.9. The summed E-state index contributed by atoms with van der Waals surface area (Å²) in [4.78, 5) is 12.3. The monoisotopic (exact) mass is 347 g/mol. The number of benzene rings is 1. The van der Waals surface area contributed by atoms with Crippen molar-refractivity contribution in [2.24, 2.45) is 0 Å². The quantitative estimate of drug-likeness (QED) is 0.726. The van der Waals surface area contributed by atoms with Crippen LogP contribution >= 0.6 is 11.3 Å². The van der Waals surface area contributed by atoms with Crippen molar-refractivity contribution in [1.82, 2.24) is 26.4 Å². The number of aromatic nitrogens is 2. The molecule has 2 unspecified atom stereocenters. The number of hydrogen-bond acceptors (Lipinski definition) is 7. The average Bonchev–Trinajstić information content (AvgIpc) is 3.24. The Labute approximate surface area is 144 Å². The van der Waals surface area contributed by atoms with E-state index in [2.05, 4.69) is 26.4 Å². The van der Waals surface area contributed by atoms with E-state index in [1.54, 1.807) is 18.4 Å². The van der Waals surface area contributed by atoms with Crippen molar-refractivity contribution in [3.63, 3.8) is 0 Å². The molecule has 0 bridgehead atoms. The number of aryl methyl sites for hydroxylation is 1. The molecule has 2 atom stereocenters. The van der Waals surface area contributed by atoms with Gasteiger partial charge < -0.3 is 10.1 Å². The summed E-state index contributed by atoms with van der Waals surface area (Å²) >= 11 is 1.56. The number of methoxy groups -OCH3 is 1. The largest absolute Gasteiger partial charge is 0.497 e. The molecule has 2 heterocycles. The Morgan fingerprint density at radius 3 is 3.04 bits per heavy atom. The Bertz CT molecular complexity index is 705. The minimum Gasteiger partial charge on any atom is -0.497 e. The molecule has 0 saturated carbocycles. The van der Waals surface area contributed by atoms with Gasteiger partial charge in [-0.25, -0.2) is 10.9 Å². The van der Waals surface area contributed by atoms with Crippen molar-refractivity contribution in [3.8, 4) is 5.75 Å². The molecule has 3 rings (SSSR count). The molecule has 1 amide bonds. The summed E-state index contributed by atoms with van der Waals surface area (Å²) in [7, 11) is 1.65. The minimum absolute atomic E-state index is 0.00543. The van der Waals surface area contributed by atoms with E-state index in [-0.39, 0.29) is 18.0 Å². The van der Waals surface area contributed by atoms with Crippen LogP contribution in [-0.2, 0) is 11.2 Å². The van der Waals surface area contributed by atoms with E-state index in [4.69, 9.17) is 4.74 Å². The molecule has 8 heteroatoms. The lowest BCUT2D eigenvalue weighted by molar-refractivity contribution is -0.122. The molecule has 2 aromatic rings. The lowest BCUT2D eigenvalue weighted by atomic mass is 10.0. The highest BCUT2D eigenvalue weighted by atomic mass is 32.1. The van der Waals surface area contributed by atoms with Crippen LogP contribution < -0.4 is 20.9 Å². The van der Waals surface area contributed by atoms with Gasteiger partial charge in [0, 0.05) is 19.0 Å². The van der Waals surface area contributed by atoms with E-state index in [0.717, 1.165) is 21.3 Å². The highest BCUT2D eigenvalue weighted by molar-refractivity contribution is 7.11. The van der Waals surface area contributed by atoms with Gasteiger partial charge in [0.1, 0.15) is 21.8 Å². The zero-order valence-electron chi connectivity index (χ0n) is 13.7. The van der Waals surface area contributed by atoms with Gasteiger partial charge in [0.05, 0.1) is 7.11 Å². The van der Waals surface area contributed by atoms with Gasteiger partial charge in [0.15, 0.2) is 0 Å². The second-order valence-corrected chi connectivity index (χ2v) is 6.93. The number of amides is 1. The highest BCUT2D eigenvalue weighted by Gasteiger charge is 2.30. The maximum atomic E-state index is 12.3. The fourth-order valence-corrected chi connectivity index (χ4v) is 3.37. The van der Waals surface area contributed by atoms with Crippen LogP contribution in [0.25, 0.3) is 0 Å². The Morgan fingerprint density at radius 1 is 1.42 bits per heavy atom. The number of rotatable bonds is 6. The van der Waals surface area contributed by atoms with Crippen molar-refractivity contribution in [3.05, 3.63) is 39.8 Å². The molecule has 0 radical (unpaired) electrons. The molecule has 0 aliphatic carbocycles. The SMILES string of the molecule is COc1cccc(C2CC(C(=O)NCCc3nnc(C)s3)NN2)c1. The fraction of sp³-hybridized carbons (Fsp3) is 0.438. The molecule has 1 aliphatic heterocycles. The first-order valence-corrected chi connectivity index (χ1v) is 8.69. The Balaban J connectivity index is 1.48. The molecule has 1 saturated heterocycles. The van der Waals surface area contributed by atoms with Gasteiger partial charge in [0.25, 0.3) is 0 Å². The number of hydrazine groups is 1. The molecule has 7 nitrogen and oxygen atoms in total. The number of carbonyl (C=O) groups excluding carboxylic acids is 1. The van der Waals surface area contributed by atoms with Gasteiger partial charge in [-0.05, 0) is 31.0 Å². The van der Waals surface area contributed by atoms with Crippen molar-refractivity contribution >= 4 is 17.2 Å². The number of nitrogens with zero attached hydrogens (tertiary/aromatic N) is 2. The number of nitrogens with one attached hydrogen (secondary N) is 3. The summed E-state index contributed by atoms with van der Waals surface area (Å²) in [5, 5.41) is 12.9. The normalized spacial score (nSPS) is 20.1. The topological polar surface area (TPSA) is 88.2 Å². The summed E-state index contributed by atoms with van der Waals surface area (Å²) in [6, 6.07) is 7.70. The van der Waals surface area contributed by atoms with E-state index >= 15 is 0 Å². The van der Waals surface area contributed by atoms with E-state index in [1.165, 1.54) is 0 Å². The van der Waals surface area contributed by atoms with Gasteiger partial charge in [0.2, 0.25) is 5.91 Å². The Hall–Kier alpha value is -2.03. The van der Waals surface area contributed by atoms with Crippen molar-refractivity contribution in [2.45, 2.75) is 31.8 Å². The van der Waals surface area contributed by atoms with Crippen molar-refractivity contribution in [2.75, 3.05) is 13.7 Å². The maximum Gasteiger partial charge on any atom is 0.238 e. The standard InChI is InChI=1S/C16H21N5O2S/c1-10-18-21-15(24-10)6-7-17-16(22)14-9-13(19-20-14)11-4-3-5-12(8-11)23-2/h3-5,8,13-14,19-20H,6-7,9H2,1-2H3,(H,17,22). The van der Waals surface area contributed by atoms with Crippen LogP contribution in [0.2, 0.25) is 0 Å². The van der Waals surface area contributed by atoms with Crippen LogP contribution in [0.15, 0.2) is 24.3 Å². The van der Waals surface area contributed by atoms with E-state index < -0.39 is 0 Å². The molecule has 1 aromatic heterocycles. The molecule has 128 valence electrons. The Kier molecular flexibility index (Phi) is 5.39. The summed E-state index contributed by atoms with van der Waals surface area (Å²) in [6.07, 6.45) is 1.40. The molecular formula is C16H21N5O2S. The number of carbonyl (C=O) groups is 1. The first kappa shape index (κ1) is 16.8.